The topological polar surface area (TPSA) is 43.2 Å². The third kappa shape index (κ3) is 2.82. The van der Waals surface area contributed by atoms with Crippen molar-refractivity contribution in [2.24, 2.45) is 10.3 Å². The summed E-state index contributed by atoms with van der Waals surface area (Å²) in [6.45, 7) is 3.84. The Balaban J connectivity index is 3.19. The maximum absolute atomic E-state index is 4.83. The number of benzene rings is 1. The molecule has 0 fully saturated rings. The molecule has 0 saturated carbocycles. The van der Waals surface area contributed by atoms with Crippen LogP contribution in [0.4, 0.5) is 0 Å². The van der Waals surface area contributed by atoms with E-state index in [9.17, 15) is 0 Å². The molecule has 1 aromatic carbocycles. The molecule has 0 atom stereocenters. The molecule has 0 amide bonds. The van der Waals surface area contributed by atoms with E-state index in [1.54, 1.807) is 0 Å². The number of oxime groups is 2. The first-order valence-corrected chi connectivity index (χ1v) is 4.96. The highest BCUT2D eigenvalue weighted by molar-refractivity contribution is 6.47. The van der Waals surface area contributed by atoms with Crippen molar-refractivity contribution in [3.63, 3.8) is 0 Å². The van der Waals surface area contributed by atoms with E-state index in [1.165, 1.54) is 14.2 Å². The van der Waals surface area contributed by atoms with Crippen LogP contribution in [0.1, 0.15) is 18.1 Å². The van der Waals surface area contributed by atoms with E-state index in [2.05, 4.69) is 10.3 Å². The summed E-state index contributed by atoms with van der Waals surface area (Å²) in [5, 5.41) is 7.85. The van der Waals surface area contributed by atoms with Crippen molar-refractivity contribution < 1.29 is 9.68 Å². The zero-order chi connectivity index (χ0) is 12.0. The Bertz CT molecular complexity index is 411. The van der Waals surface area contributed by atoms with Gasteiger partial charge in [-0.1, -0.05) is 34.6 Å². The second kappa shape index (κ2) is 5.90. The molecule has 0 aliphatic heterocycles. The minimum Gasteiger partial charge on any atom is -0.399 e. The molecule has 4 nitrogen and oxygen atoms in total. The second-order valence-electron chi connectivity index (χ2n) is 3.30. The largest absolute Gasteiger partial charge is 0.399 e. The summed E-state index contributed by atoms with van der Waals surface area (Å²) >= 11 is 0. The SMILES string of the molecule is CO/N=C(C)/C(=N/OC)c1ccccc1C. The monoisotopic (exact) mass is 220 g/mol. The van der Waals surface area contributed by atoms with E-state index in [0.717, 1.165) is 11.1 Å². The zero-order valence-electron chi connectivity index (χ0n) is 10.0. The van der Waals surface area contributed by atoms with Gasteiger partial charge in [-0.2, -0.15) is 0 Å². The van der Waals surface area contributed by atoms with Crippen LogP contribution in [0, 0.1) is 6.92 Å². The molecule has 0 aliphatic rings. The fourth-order valence-electron chi connectivity index (χ4n) is 1.42. The van der Waals surface area contributed by atoms with Crippen LogP contribution in [-0.4, -0.2) is 25.6 Å². The summed E-state index contributed by atoms with van der Waals surface area (Å²) in [5.41, 5.74) is 3.47. The fraction of sp³-hybridized carbons (Fsp3) is 0.333. The van der Waals surface area contributed by atoms with Crippen LogP contribution in [0.25, 0.3) is 0 Å². The van der Waals surface area contributed by atoms with Gasteiger partial charge in [0.05, 0.1) is 0 Å². The van der Waals surface area contributed by atoms with Crippen molar-refractivity contribution in [1.29, 1.82) is 0 Å². The maximum atomic E-state index is 4.83. The van der Waals surface area contributed by atoms with Gasteiger partial charge >= 0.3 is 0 Å². The van der Waals surface area contributed by atoms with E-state index < -0.39 is 0 Å². The van der Waals surface area contributed by atoms with Gasteiger partial charge in [-0.15, -0.1) is 0 Å². The maximum Gasteiger partial charge on any atom is 0.134 e. The molecule has 0 bridgehead atoms. The average molecular weight is 220 g/mol. The highest BCUT2D eigenvalue weighted by Gasteiger charge is 2.11. The van der Waals surface area contributed by atoms with Gasteiger partial charge in [-0.05, 0) is 19.4 Å². The van der Waals surface area contributed by atoms with Gasteiger partial charge in [0, 0.05) is 5.56 Å². The first kappa shape index (κ1) is 12.2. The van der Waals surface area contributed by atoms with Crippen molar-refractivity contribution in [2.45, 2.75) is 13.8 Å². The summed E-state index contributed by atoms with van der Waals surface area (Å²) in [7, 11) is 3.02. The van der Waals surface area contributed by atoms with Gasteiger partial charge in [0.2, 0.25) is 0 Å². The first-order valence-electron chi connectivity index (χ1n) is 4.96. The van der Waals surface area contributed by atoms with E-state index >= 15 is 0 Å². The fourth-order valence-corrected chi connectivity index (χ4v) is 1.42. The van der Waals surface area contributed by atoms with E-state index in [0.29, 0.717) is 11.4 Å². The molecule has 0 spiro atoms. The van der Waals surface area contributed by atoms with Crippen LogP contribution >= 0.6 is 0 Å². The Morgan fingerprint density at radius 3 is 2.25 bits per heavy atom. The Hall–Kier alpha value is -1.84. The number of aryl methyl sites for hydroxylation is 1. The molecular formula is C12H16N2O2. The average Bonchev–Trinajstić information content (AvgIpc) is 2.27. The van der Waals surface area contributed by atoms with Gasteiger partial charge in [-0.25, -0.2) is 0 Å². The van der Waals surface area contributed by atoms with Crippen LogP contribution in [0.3, 0.4) is 0 Å². The van der Waals surface area contributed by atoms with Crippen LogP contribution in [0.15, 0.2) is 34.6 Å². The summed E-state index contributed by atoms with van der Waals surface area (Å²) in [6.07, 6.45) is 0. The van der Waals surface area contributed by atoms with Crippen molar-refractivity contribution in [3.8, 4) is 0 Å². The van der Waals surface area contributed by atoms with Crippen molar-refractivity contribution in [3.05, 3.63) is 35.4 Å². The predicted octanol–water partition coefficient (Wildman–Crippen LogP) is 2.37. The zero-order valence-corrected chi connectivity index (χ0v) is 10.0. The molecule has 0 heterocycles. The second-order valence-corrected chi connectivity index (χ2v) is 3.30. The Kier molecular flexibility index (Phi) is 4.51. The van der Waals surface area contributed by atoms with Gasteiger partial charge < -0.3 is 9.68 Å². The van der Waals surface area contributed by atoms with Gasteiger partial charge in [0.15, 0.2) is 0 Å². The Morgan fingerprint density at radius 1 is 1.06 bits per heavy atom. The molecule has 0 aromatic heterocycles. The van der Waals surface area contributed by atoms with Crippen LogP contribution in [-0.2, 0) is 9.68 Å². The molecule has 16 heavy (non-hydrogen) atoms. The van der Waals surface area contributed by atoms with E-state index in [4.69, 9.17) is 9.68 Å². The standard InChI is InChI=1S/C12H16N2O2/c1-9-7-5-6-8-11(9)12(14-16-4)10(2)13-15-3/h5-8H,1-4H3/b13-10+,14-12-. The summed E-state index contributed by atoms with van der Waals surface area (Å²) in [6, 6.07) is 7.92. The first-order chi connectivity index (χ1) is 7.70. The predicted molar refractivity (Wildman–Crippen MR) is 64.8 cm³/mol. The number of hydrogen-bond donors (Lipinski definition) is 0. The lowest BCUT2D eigenvalue weighted by molar-refractivity contribution is 0.210. The Morgan fingerprint density at radius 2 is 1.69 bits per heavy atom. The summed E-state index contributed by atoms with van der Waals surface area (Å²) in [4.78, 5) is 9.58. The lowest BCUT2D eigenvalue weighted by Crippen LogP contribution is -2.14. The highest BCUT2D eigenvalue weighted by atomic mass is 16.6. The summed E-state index contributed by atoms with van der Waals surface area (Å²) < 4.78 is 0. The normalized spacial score (nSPS) is 12.5. The highest BCUT2D eigenvalue weighted by Crippen LogP contribution is 2.10. The molecule has 1 aromatic rings. The van der Waals surface area contributed by atoms with Crippen LogP contribution in [0.2, 0.25) is 0 Å². The smallest absolute Gasteiger partial charge is 0.134 e. The molecule has 4 heteroatoms. The molecule has 0 N–H and O–H groups in total. The van der Waals surface area contributed by atoms with Gasteiger partial charge in [-0.3, -0.25) is 0 Å². The molecule has 0 aliphatic carbocycles. The van der Waals surface area contributed by atoms with Gasteiger partial charge in [0.1, 0.15) is 25.6 Å². The molecule has 0 unspecified atom stereocenters. The Labute approximate surface area is 95.5 Å². The summed E-state index contributed by atoms with van der Waals surface area (Å²) in [5.74, 6) is 0. The lowest BCUT2D eigenvalue weighted by Gasteiger charge is -2.07. The van der Waals surface area contributed by atoms with Crippen molar-refractivity contribution >= 4 is 11.4 Å². The van der Waals surface area contributed by atoms with Crippen molar-refractivity contribution in [1.82, 2.24) is 0 Å². The van der Waals surface area contributed by atoms with E-state index in [-0.39, 0.29) is 0 Å². The lowest BCUT2D eigenvalue weighted by atomic mass is 10.0. The van der Waals surface area contributed by atoms with Crippen molar-refractivity contribution in [2.75, 3.05) is 14.2 Å². The third-order valence-electron chi connectivity index (χ3n) is 2.15. The molecule has 1 rings (SSSR count). The minimum absolute atomic E-state index is 0.679. The molecule has 0 radical (unpaired) electrons. The quantitative estimate of drug-likeness (QED) is 0.577. The van der Waals surface area contributed by atoms with E-state index in [1.807, 2.05) is 38.1 Å². The minimum atomic E-state index is 0.679. The molecule has 0 saturated heterocycles. The third-order valence-corrected chi connectivity index (χ3v) is 2.15. The van der Waals surface area contributed by atoms with Crippen LogP contribution < -0.4 is 0 Å². The molecular weight excluding hydrogens is 204 g/mol. The van der Waals surface area contributed by atoms with Gasteiger partial charge in [0.25, 0.3) is 0 Å². The number of nitrogens with zero attached hydrogens (tertiary/aromatic N) is 2. The number of hydrogen-bond acceptors (Lipinski definition) is 4. The van der Waals surface area contributed by atoms with Crippen LogP contribution in [0.5, 0.6) is 0 Å². The number of rotatable bonds is 4. The molecule has 86 valence electrons.